The van der Waals surface area contributed by atoms with E-state index in [1.54, 1.807) is 30.6 Å². The van der Waals surface area contributed by atoms with E-state index in [-0.39, 0.29) is 17.8 Å². The predicted octanol–water partition coefficient (Wildman–Crippen LogP) is 5.24. The number of carbonyl (C=O) groups is 1. The van der Waals surface area contributed by atoms with Crippen LogP contribution in [-0.2, 0) is 11.3 Å². The van der Waals surface area contributed by atoms with Crippen LogP contribution in [0.4, 0.5) is 16.5 Å². The average molecular weight is 524 g/mol. The number of benzene rings is 2. The molecule has 0 N–H and O–H groups in total. The standard InChI is InChI=1S/C25H22ClN5O4S/c1-16-11-19(26)13-22-23(16)28-25(36-22)30(15-17-3-2-6-27-14-17)24(32)18-4-5-20(21(12-18)31(33)34)29-7-9-35-10-8-29/h2-6,11-14H,7-10,15H2,1H3. The number of amides is 1. The van der Waals surface area contributed by atoms with Gasteiger partial charge in [0.2, 0.25) is 0 Å². The van der Waals surface area contributed by atoms with Crippen LogP contribution in [0.1, 0.15) is 21.5 Å². The van der Waals surface area contributed by atoms with E-state index < -0.39 is 10.8 Å². The molecule has 184 valence electrons. The minimum absolute atomic E-state index is 0.115. The molecule has 1 aliphatic heterocycles. The van der Waals surface area contributed by atoms with Gasteiger partial charge < -0.3 is 9.64 Å². The first-order valence-corrected chi connectivity index (χ1v) is 12.5. The number of anilines is 2. The monoisotopic (exact) mass is 523 g/mol. The third-order valence-corrected chi connectivity index (χ3v) is 7.19. The maximum atomic E-state index is 13.8. The molecule has 1 saturated heterocycles. The lowest BCUT2D eigenvalue weighted by atomic mass is 10.1. The number of nitrogens with zero attached hydrogens (tertiary/aromatic N) is 5. The fourth-order valence-electron chi connectivity index (χ4n) is 4.19. The summed E-state index contributed by atoms with van der Waals surface area (Å²) in [5.74, 6) is -0.390. The van der Waals surface area contributed by atoms with E-state index in [0.29, 0.717) is 42.1 Å². The first kappa shape index (κ1) is 24.1. The van der Waals surface area contributed by atoms with Gasteiger partial charge in [-0.25, -0.2) is 4.98 Å². The van der Waals surface area contributed by atoms with Crippen LogP contribution in [-0.4, -0.2) is 47.1 Å². The minimum atomic E-state index is -0.448. The first-order valence-electron chi connectivity index (χ1n) is 11.3. The van der Waals surface area contributed by atoms with Crippen molar-refractivity contribution >= 4 is 55.6 Å². The molecular formula is C25H22ClN5O4S. The molecule has 11 heteroatoms. The Hall–Kier alpha value is -3.60. The van der Waals surface area contributed by atoms with E-state index in [0.717, 1.165) is 21.3 Å². The zero-order chi connectivity index (χ0) is 25.2. The molecular weight excluding hydrogens is 502 g/mol. The topological polar surface area (TPSA) is 102 Å². The highest BCUT2D eigenvalue weighted by Gasteiger charge is 2.27. The van der Waals surface area contributed by atoms with Gasteiger partial charge in [0.15, 0.2) is 5.13 Å². The van der Waals surface area contributed by atoms with Gasteiger partial charge in [-0.1, -0.05) is 29.0 Å². The van der Waals surface area contributed by atoms with Gasteiger partial charge in [0.1, 0.15) is 5.69 Å². The van der Waals surface area contributed by atoms with Crippen molar-refractivity contribution in [3.63, 3.8) is 0 Å². The van der Waals surface area contributed by atoms with Gasteiger partial charge in [-0.05, 0) is 48.4 Å². The molecule has 0 aliphatic carbocycles. The number of hydrogen-bond acceptors (Lipinski definition) is 8. The van der Waals surface area contributed by atoms with Crippen molar-refractivity contribution in [1.82, 2.24) is 9.97 Å². The van der Waals surface area contributed by atoms with Crippen molar-refractivity contribution in [2.45, 2.75) is 13.5 Å². The number of aryl methyl sites for hydroxylation is 1. The normalized spacial score (nSPS) is 13.7. The summed E-state index contributed by atoms with van der Waals surface area (Å²) in [7, 11) is 0. The zero-order valence-corrected chi connectivity index (χ0v) is 21.0. The van der Waals surface area contributed by atoms with E-state index in [1.165, 1.54) is 22.3 Å². The number of morpholine rings is 1. The van der Waals surface area contributed by atoms with Gasteiger partial charge in [0, 0.05) is 42.1 Å². The van der Waals surface area contributed by atoms with E-state index >= 15 is 0 Å². The second-order valence-corrected chi connectivity index (χ2v) is 9.82. The number of nitro benzene ring substituents is 1. The highest BCUT2D eigenvalue weighted by Crippen LogP contribution is 2.35. The molecule has 0 saturated carbocycles. The number of thiazole rings is 1. The molecule has 9 nitrogen and oxygen atoms in total. The van der Waals surface area contributed by atoms with Crippen molar-refractivity contribution in [3.8, 4) is 0 Å². The highest BCUT2D eigenvalue weighted by molar-refractivity contribution is 7.22. The van der Waals surface area contributed by atoms with Gasteiger partial charge in [-0.3, -0.25) is 24.8 Å². The van der Waals surface area contributed by atoms with E-state index in [4.69, 9.17) is 21.3 Å². The Morgan fingerprint density at radius 3 is 2.78 bits per heavy atom. The van der Waals surface area contributed by atoms with Gasteiger partial charge in [0.05, 0.1) is 34.9 Å². The number of aromatic nitrogens is 2. The summed E-state index contributed by atoms with van der Waals surface area (Å²) in [5, 5.41) is 13.0. The number of fused-ring (bicyclic) bond motifs is 1. The van der Waals surface area contributed by atoms with Crippen molar-refractivity contribution in [3.05, 3.63) is 86.7 Å². The van der Waals surface area contributed by atoms with Crippen LogP contribution in [0.2, 0.25) is 5.02 Å². The molecule has 0 bridgehead atoms. The summed E-state index contributed by atoms with van der Waals surface area (Å²) >= 11 is 7.59. The molecule has 0 radical (unpaired) electrons. The number of nitro groups is 1. The number of rotatable bonds is 6. The smallest absolute Gasteiger partial charge is 0.293 e. The quantitative estimate of drug-likeness (QED) is 0.251. The molecule has 1 fully saturated rings. The van der Waals surface area contributed by atoms with Crippen LogP contribution in [0.25, 0.3) is 10.2 Å². The van der Waals surface area contributed by atoms with E-state index in [9.17, 15) is 14.9 Å². The lowest BCUT2D eigenvalue weighted by Crippen LogP contribution is -2.36. The third-order valence-electron chi connectivity index (χ3n) is 5.95. The fourth-order valence-corrected chi connectivity index (χ4v) is 5.61. The van der Waals surface area contributed by atoms with Gasteiger partial charge in [-0.2, -0.15) is 0 Å². The Kier molecular flexibility index (Phi) is 6.82. The van der Waals surface area contributed by atoms with Crippen molar-refractivity contribution in [2.75, 3.05) is 36.1 Å². The van der Waals surface area contributed by atoms with Crippen LogP contribution in [0.5, 0.6) is 0 Å². The Balaban J connectivity index is 1.56. The Morgan fingerprint density at radius 1 is 1.25 bits per heavy atom. The molecule has 3 heterocycles. The fraction of sp³-hybridized carbons (Fsp3) is 0.240. The number of carbonyl (C=O) groups excluding carboxylic acids is 1. The molecule has 36 heavy (non-hydrogen) atoms. The minimum Gasteiger partial charge on any atom is -0.378 e. The van der Waals surface area contributed by atoms with Gasteiger partial charge in [-0.15, -0.1) is 0 Å². The van der Waals surface area contributed by atoms with Crippen LogP contribution < -0.4 is 9.80 Å². The molecule has 0 spiro atoms. The molecule has 2 aromatic carbocycles. The number of hydrogen-bond donors (Lipinski definition) is 0. The largest absolute Gasteiger partial charge is 0.378 e. The van der Waals surface area contributed by atoms with Crippen LogP contribution in [0.3, 0.4) is 0 Å². The predicted molar refractivity (Wildman–Crippen MR) is 140 cm³/mol. The summed E-state index contributed by atoms with van der Waals surface area (Å²) in [4.78, 5) is 37.7. The first-order chi connectivity index (χ1) is 17.4. The lowest BCUT2D eigenvalue weighted by molar-refractivity contribution is -0.384. The summed E-state index contributed by atoms with van der Waals surface area (Å²) in [6, 6.07) is 11.9. The van der Waals surface area contributed by atoms with Crippen LogP contribution in [0, 0.1) is 17.0 Å². The molecule has 1 amide bonds. The Bertz CT molecular complexity index is 1440. The maximum Gasteiger partial charge on any atom is 0.293 e. The summed E-state index contributed by atoms with van der Waals surface area (Å²) in [6.07, 6.45) is 3.34. The number of halogens is 1. The third kappa shape index (κ3) is 4.88. The second kappa shape index (κ2) is 10.2. The lowest BCUT2D eigenvalue weighted by Gasteiger charge is -2.28. The summed E-state index contributed by atoms with van der Waals surface area (Å²) < 4.78 is 6.22. The summed E-state index contributed by atoms with van der Waals surface area (Å²) in [6.45, 7) is 4.22. The van der Waals surface area contributed by atoms with Gasteiger partial charge >= 0.3 is 0 Å². The van der Waals surface area contributed by atoms with Crippen molar-refractivity contribution in [2.24, 2.45) is 0 Å². The molecule has 0 unspecified atom stereocenters. The SMILES string of the molecule is Cc1cc(Cl)cc2sc(N(Cc3cccnc3)C(=O)c3ccc(N4CCOCC4)c([N+](=O)[O-])c3)nc12. The van der Waals surface area contributed by atoms with Gasteiger partial charge in [0.25, 0.3) is 11.6 Å². The van der Waals surface area contributed by atoms with Crippen molar-refractivity contribution < 1.29 is 14.5 Å². The average Bonchev–Trinajstić information content (AvgIpc) is 3.32. The molecule has 0 atom stereocenters. The van der Waals surface area contributed by atoms with E-state index in [2.05, 4.69) is 4.98 Å². The number of ether oxygens (including phenoxy) is 1. The summed E-state index contributed by atoms with van der Waals surface area (Å²) in [5.41, 5.74) is 3.03. The Morgan fingerprint density at radius 2 is 2.06 bits per heavy atom. The molecule has 2 aromatic heterocycles. The number of pyridine rings is 1. The maximum absolute atomic E-state index is 13.8. The Labute approximate surface area is 216 Å². The molecule has 5 rings (SSSR count). The molecule has 4 aromatic rings. The van der Waals surface area contributed by atoms with E-state index in [1.807, 2.05) is 30.0 Å². The van der Waals surface area contributed by atoms with Crippen LogP contribution >= 0.6 is 22.9 Å². The van der Waals surface area contributed by atoms with Crippen LogP contribution in [0.15, 0.2) is 54.9 Å². The highest BCUT2D eigenvalue weighted by atomic mass is 35.5. The second-order valence-electron chi connectivity index (χ2n) is 8.38. The van der Waals surface area contributed by atoms with Crippen molar-refractivity contribution in [1.29, 1.82) is 0 Å². The molecule has 1 aliphatic rings. The zero-order valence-electron chi connectivity index (χ0n) is 19.4.